The molecule has 2 aliphatic heterocycles. The number of alkyl halides is 3. The van der Waals surface area contributed by atoms with E-state index in [1.165, 1.54) is 6.33 Å². The quantitative estimate of drug-likeness (QED) is 0.493. The first-order valence-electron chi connectivity index (χ1n) is 11.4. The van der Waals surface area contributed by atoms with Gasteiger partial charge >= 0.3 is 6.18 Å². The number of nitrogens with one attached hydrogen (secondary N) is 2. The number of hydrogen-bond donors (Lipinski definition) is 3. The molecule has 2 aromatic heterocycles. The fourth-order valence-corrected chi connectivity index (χ4v) is 4.41. The summed E-state index contributed by atoms with van der Waals surface area (Å²) in [4.78, 5) is 26.6. The highest BCUT2D eigenvalue weighted by Gasteiger charge is 2.37. The van der Waals surface area contributed by atoms with Crippen molar-refractivity contribution in [3.05, 3.63) is 29.6 Å². The second kappa shape index (κ2) is 11.1. The van der Waals surface area contributed by atoms with Gasteiger partial charge in [-0.1, -0.05) is 6.92 Å². The minimum absolute atomic E-state index is 0.00691. The second-order valence-corrected chi connectivity index (χ2v) is 10.4. The van der Waals surface area contributed by atoms with E-state index in [0.29, 0.717) is 63.3 Å². The van der Waals surface area contributed by atoms with Crippen LogP contribution < -0.4 is 15.5 Å². The number of likely N-dealkylation sites (N-methyl/N-ethyl adjacent to an activating group) is 1. The van der Waals surface area contributed by atoms with Gasteiger partial charge in [-0.25, -0.2) is 15.0 Å². The van der Waals surface area contributed by atoms with E-state index in [1.807, 2.05) is 6.92 Å². The van der Waals surface area contributed by atoms with E-state index in [2.05, 4.69) is 30.5 Å². The molecular weight excluding hydrogens is 503 g/mol. The monoisotopic (exact) mass is 533 g/mol. The van der Waals surface area contributed by atoms with Gasteiger partial charge in [0.15, 0.2) is 5.69 Å². The van der Waals surface area contributed by atoms with Crippen LogP contribution in [-0.2, 0) is 27.6 Å². The molecule has 200 valence electrons. The van der Waals surface area contributed by atoms with Crippen molar-refractivity contribution < 1.29 is 30.9 Å². The van der Waals surface area contributed by atoms with Crippen molar-refractivity contribution in [1.82, 2.24) is 24.8 Å². The molecule has 1 saturated heterocycles. The van der Waals surface area contributed by atoms with Crippen molar-refractivity contribution in [2.75, 3.05) is 43.2 Å². The standard InChI is InChI=1S/C20H26F3N7O.CH4O3S/c1-12-9-15(31)28-17-16(12)19(26-11-25-17)29-6-3-13(4-7-29)18-27-14(20(21,22)23)10-30(18)8-5-24-2;1-5(2,3)4/h10-13,24H,3-9H2,1-2H3,(H,25,26,28,31);1H3,(H,2,3,4). The Labute approximate surface area is 207 Å². The molecule has 0 aromatic carbocycles. The lowest BCUT2D eigenvalue weighted by molar-refractivity contribution is -0.141. The van der Waals surface area contributed by atoms with E-state index in [-0.39, 0.29) is 17.7 Å². The third-order valence-corrected chi connectivity index (χ3v) is 5.97. The predicted molar refractivity (Wildman–Crippen MR) is 127 cm³/mol. The van der Waals surface area contributed by atoms with Crippen LogP contribution in [0.3, 0.4) is 0 Å². The zero-order valence-electron chi connectivity index (χ0n) is 20.2. The molecule has 0 spiro atoms. The number of carbonyl (C=O) groups excluding carboxylic acids is 1. The Bertz CT molecular complexity index is 1170. The summed E-state index contributed by atoms with van der Waals surface area (Å²) < 4.78 is 67.2. The number of hydrogen-bond acceptors (Lipinski definition) is 8. The lowest BCUT2D eigenvalue weighted by Gasteiger charge is -2.35. The van der Waals surface area contributed by atoms with Gasteiger partial charge in [0.1, 0.15) is 23.8 Å². The molecule has 0 radical (unpaired) electrons. The zero-order valence-corrected chi connectivity index (χ0v) is 21.0. The van der Waals surface area contributed by atoms with Gasteiger partial charge in [0, 0.05) is 50.3 Å². The molecule has 11 nitrogen and oxygen atoms in total. The molecule has 0 saturated carbocycles. The summed E-state index contributed by atoms with van der Waals surface area (Å²) in [6.45, 7) is 4.28. The van der Waals surface area contributed by atoms with Gasteiger partial charge in [-0.2, -0.15) is 21.6 Å². The maximum absolute atomic E-state index is 13.2. The van der Waals surface area contributed by atoms with E-state index in [0.717, 1.165) is 17.6 Å². The third kappa shape index (κ3) is 7.13. The molecule has 1 unspecified atom stereocenters. The fraction of sp³-hybridized carbons (Fsp3) is 0.619. The van der Waals surface area contributed by atoms with Gasteiger partial charge in [0.2, 0.25) is 5.91 Å². The van der Waals surface area contributed by atoms with Crippen molar-refractivity contribution in [2.45, 2.75) is 50.7 Å². The molecule has 2 aromatic rings. The Morgan fingerprint density at radius 2 is 1.89 bits per heavy atom. The van der Waals surface area contributed by atoms with Crippen molar-refractivity contribution in [3.8, 4) is 0 Å². The molecule has 0 aliphatic carbocycles. The van der Waals surface area contributed by atoms with Crippen LogP contribution in [0.4, 0.5) is 24.8 Å². The van der Waals surface area contributed by atoms with Gasteiger partial charge in [-0.05, 0) is 25.8 Å². The van der Waals surface area contributed by atoms with Crippen LogP contribution in [0.1, 0.15) is 55.1 Å². The summed E-state index contributed by atoms with van der Waals surface area (Å²) in [5.41, 5.74) is 0.0888. The highest BCUT2D eigenvalue weighted by atomic mass is 32.2. The summed E-state index contributed by atoms with van der Waals surface area (Å²) >= 11 is 0. The maximum Gasteiger partial charge on any atom is 0.434 e. The van der Waals surface area contributed by atoms with Gasteiger partial charge in [0.05, 0.1) is 6.26 Å². The first-order chi connectivity index (χ1) is 16.8. The maximum atomic E-state index is 13.2. The molecular formula is C21H30F3N7O4S. The van der Waals surface area contributed by atoms with E-state index >= 15 is 0 Å². The summed E-state index contributed by atoms with van der Waals surface area (Å²) in [5, 5.41) is 5.78. The summed E-state index contributed by atoms with van der Waals surface area (Å²) in [7, 11) is -1.90. The number of anilines is 2. The number of rotatable bonds is 5. The molecule has 15 heteroatoms. The van der Waals surface area contributed by atoms with Crippen molar-refractivity contribution >= 4 is 27.7 Å². The Kier molecular flexibility index (Phi) is 8.56. The van der Waals surface area contributed by atoms with E-state index < -0.39 is 22.0 Å². The van der Waals surface area contributed by atoms with Gasteiger partial charge < -0.3 is 20.1 Å². The minimum Gasteiger partial charge on any atom is -0.356 e. The number of fused-ring (bicyclic) bond motifs is 1. The average molecular weight is 534 g/mol. The Morgan fingerprint density at radius 1 is 1.25 bits per heavy atom. The number of piperidine rings is 1. The zero-order chi connectivity index (χ0) is 26.7. The van der Waals surface area contributed by atoms with Crippen LogP contribution in [0, 0.1) is 0 Å². The van der Waals surface area contributed by atoms with E-state index in [4.69, 9.17) is 4.55 Å². The SMILES string of the molecule is CNCCn1cc(C(F)(F)F)nc1C1CCN(c2ncnc3c2C(C)CC(=O)N3)CC1.CS(=O)(=O)O. The Balaban J connectivity index is 0.000000658. The van der Waals surface area contributed by atoms with Crippen LogP contribution in [0.25, 0.3) is 0 Å². The second-order valence-electron chi connectivity index (χ2n) is 8.89. The number of nitrogens with zero attached hydrogens (tertiary/aromatic N) is 5. The van der Waals surface area contributed by atoms with Crippen LogP contribution >= 0.6 is 0 Å². The average Bonchev–Trinajstić information content (AvgIpc) is 3.21. The molecule has 3 N–H and O–H groups in total. The number of amides is 1. The van der Waals surface area contributed by atoms with E-state index in [1.54, 1.807) is 11.6 Å². The van der Waals surface area contributed by atoms with Crippen LogP contribution in [0.15, 0.2) is 12.5 Å². The van der Waals surface area contributed by atoms with Crippen molar-refractivity contribution in [2.24, 2.45) is 0 Å². The fourth-order valence-electron chi connectivity index (χ4n) is 4.41. The Morgan fingerprint density at radius 3 is 2.47 bits per heavy atom. The van der Waals surface area contributed by atoms with Crippen LogP contribution in [0.2, 0.25) is 0 Å². The smallest absolute Gasteiger partial charge is 0.356 e. The normalized spacial score (nSPS) is 18.8. The van der Waals surface area contributed by atoms with Gasteiger partial charge in [0.25, 0.3) is 10.1 Å². The highest BCUT2D eigenvalue weighted by molar-refractivity contribution is 7.85. The third-order valence-electron chi connectivity index (χ3n) is 5.97. The lowest BCUT2D eigenvalue weighted by Crippen LogP contribution is -2.36. The molecule has 1 fully saturated rings. The topological polar surface area (TPSA) is 142 Å². The van der Waals surface area contributed by atoms with Gasteiger partial charge in [-0.15, -0.1) is 0 Å². The summed E-state index contributed by atoms with van der Waals surface area (Å²) in [6, 6.07) is 0. The van der Waals surface area contributed by atoms with Crippen molar-refractivity contribution in [1.29, 1.82) is 0 Å². The molecule has 4 heterocycles. The molecule has 36 heavy (non-hydrogen) atoms. The first-order valence-corrected chi connectivity index (χ1v) is 13.2. The minimum atomic E-state index is -4.46. The van der Waals surface area contributed by atoms with Crippen molar-refractivity contribution in [3.63, 3.8) is 0 Å². The first kappa shape index (κ1) is 27.8. The summed E-state index contributed by atoms with van der Waals surface area (Å²) in [5.74, 6) is 1.73. The predicted octanol–water partition coefficient (Wildman–Crippen LogP) is 2.24. The molecule has 4 rings (SSSR count). The Hall–Kier alpha value is -2.78. The number of imidazole rings is 1. The van der Waals surface area contributed by atoms with Crippen LogP contribution in [0.5, 0.6) is 0 Å². The van der Waals surface area contributed by atoms with Crippen LogP contribution in [-0.4, -0.2) is 71.3 Å². The summed E-state index contributed by atoms with van der Waals surface area (Å²) in [6.07, 6.45) is 0.546. The number of halogens is 3. The molecule has 1 amide bonds. The van der Waals surface area contributed by atoms with E-state index in [9.17, 15) is 26.4 Å². The lowest BCUT2D eigenvalue weighted by atomic mass is 9.92. The number of aromatic nitrogens is 4. The number of carbonyl (C=O) groups is 1. The largest absolute Gasteiger partial charge is 0.434 e. The molecule has 1 atom stereocenters. The van der Waals surface area contributed by atoms with Gasteiger partial charge in [-0.3, -0.25) is 9.35 Å². The molecule has 0 bridgehead atoms. The highest BCUT2D eigenvalue weighted by Crippen LogP contribution is 2.39. The molecule has 2 aliphatic rings.